The number of anilines is 1. The summed E-state index contributed by atoms with van der Waals surface area (Å²) in [6.45, 7) is 3.80. The first-order chi connectivity index (χ1) is 10.5. The standard InChI is InChI=1S/C15H21N3O4/c1-4-22-10(2)14(20)18-12-7-5-6-11(8-12)15(21)17-9-13(19)16-3/h5-8,10H,4,9H2,1-3H3,(H,16,19)(H,17,21)(H,18,20)/t10-/m0/s1. The molecule has 1 atom stereocenters. The second-order valence-corrected chi connectivity index (χ2v) is 4.52. The van der Waals surface area contributed by atoms with E-state index in [-0.39, 0.29) is 18.4 Å². The van der Waals surface area contributed by atoms with Gasteiger partial charge in [0.25, 0.3) is 11.8 Å². The number of carbonyl (C=O) groups excluding carboxylic acids is 3. The zero-order valence-corrected chi connectivity index (χ0v) is 12.9. The molecule has 0 unspecified atom stereocenters. The molecule has 7 nitrogen and oxygen atoms in total. The molecule has 0 spiro atoms. The zero-order valence-electron chi connectivity index (χ0n) is 12.9. The topological polar surface area (TPSA) is 96.5 Å². The number of benzene rings is 1. The molecular formula is C15H21N3O4. The Balaban J connectivity index is 2.67. The molecule has 0 aliphatic carbocycles. The van der Waals surface area contributed by atoms with Crippen LogP contribution in [0, 0.1) is 0 Å². The molecule has 3 N–H and O–H groups in total. The van der Waals surface area contributed by atoms with E-state index in [0.29, 0.717) is 17.9 Å². The Morgan fingerprint density at radius 1 is 1.27 bits per heavy atom. The van der Waals surface area contributed by atoms with Gasteiger partial charge in [0.15, 0.2) is 0 Å². The predicted molar refractivity (Wildman–Crippen MR) is 82.6 cm³/mol. The number of likely N-dealkylation sites (N-methyl/N-ethyl adjacent to an activating group) is 1. The van der Waals surface area contributed by atoms with Crippen molar-refractivity contribution in [3.63, 3.8) is 0 Å². The second-order valence-electron chi connectivity index (χ2n) is 4.52. The first-order valence-electron chi connectivity index (χ1n) is 6.99. The third-order valence-electron chi connectivity index (χ3n) is 2.87. The maximum atomic E-state index is 11.9. The Kier molecular flexibility index (Phi) is 7.04. The van der Waals surface area contributed by atoms with Crippen LogP contribution in [0.15, 0.2) is 24.3 Å². The van der Waals surface area contributed by atoms with Crippen LogP contribution in [0.2, 0.25) is 0 Å². The van der Waals surface area contributed by atoms with Gasteiger partial charge in [-0.3, -0.25) is 14.4 Å². The molecule has 0 fully saturated rings. The van der Waals surface area contributed by atoms with Gasteiger partial charge in [-0.05, 0) is 32.0 Å². The van der Waals surface area contributed by atoms with Crippen LogP contribution in [0.25, 0.3) is 0 Å². The number of hydrogen-bond donors (Lipinski definition) is 3. The first kappa shape index (κ1) is 17.6. The van der Waals surface area contributed by atoms with Gasteiger partial charge in [-0.25, -0.2) is 0 Å². The summed E-state index contributed by atoms with van der Waals surface area (Å²) < 4.78 is 5.20. The fourth-order valence-corrected chi connectivity index (χ4v) is 1.66. The van der Waals surface area contributed by atoms with Gasteiger partial charge < -0.3 is 20.7 Å². The van der Waals surface area contributed by atoms with Crippen molar-refractivity contribution in [2.24, 2.45) is 0 Å². The smallest absolute Gasteiger partial charge is 0.253 e. The summed E-state index contributed by atoms with van der Waals surface area (Å²) in [5.74, 6) is -0.967. The van der Waals surface area contributed by atoms with Crippen molar-refractivity contribution in [2.45, 2.75) is 20.0 Å². The molecular weight excluding hydrogens is 286 g/mol. The van der Waals surface area contributed by atoms with Crippen LogP contribution in [0.3, 0.4) is 0 Å². The molecule has 1 aromatic carbocycles. The average molecular weight is 307 g/mol. The molecule has 22 heavy (non-hydrogen) atoms. The number of hydrogen-bond acceptors (Lipinski definition) is 4. The molecule has 3 amide bonds. The van der Waals surface area contributed by atoms with Crippen molar-refractivity contribution in [1.82, 2.24) is 10.6 Å². The number of nitrogens with one attached hydrogen (secondary N) is 3. The van der Waals surface area contributed by atoms with E-state index in [2.05, 4.69) is 16.0 Å². The van der Waals surface area contributed by atoms with Crippen molar-refractivity contribution >= 4 is 23.4 Å². The third kappa shape index (κ3) is 5.53. The van der Waals surface area contributed by atoms with Crippen LogP contribution in [0.1, 0.15) is 24.2 Å². The lowest BCUT2D eigenvalue weighted by Gasteiger charge is -2.12. The van der Waals surface area contributed by atoms with E-state index in [0.717, 1.165) is 0 Å². The first-order valence-corrected chi connectivity index (χ1v) is 6.99. The highest BCUT2D eigenvalue weighted by atomic mass is 16.5. The molecule has 120 valence electrons. The molecule has 0 aromatic heterocycles. The quantitative estimate of drug-likeness (QED) is 0.684. The minimum atomic E-state index is -0.573. The molecule has 0 heterocycles. The number of amides is 3. The maximum Gasteiger partial charge on any atom is 0.253 e. The lowest BCUT2D eigenvalue weighted by molar-refractivity contribution is -0.126. The Bertz CT molecular complexity index is 545. The summed E-state index contributed by atoms with van der Waals surface area (Å²) in [4.78, 5) is 34.9. The van der Waals surface area contributed by atoms with Gasteiger partial charge in [0, 0.05) is 24.9 Å². The summed E-state index contributed by atoms with van der Waals surface area (Å²) in [5.41, 5.74) is 0.843. The summed E-state index contributed by atoms with van der Waals surface area (Å²) in [7, 11) is 1.49. The van der Waals surface area contributed by atoms with Crippen molar-refractivity contribution < 1.29 is 19.1 Å². The highest BCUT2D eigenvalue weighted by molar-refractivity contribution is 5.99. The molecule has 0 bridgehead atoms. The summed E-state index contributed by atoms with van der Waals surface area (Å²) in [5, 5.41) is 7.57. The zero-order chi connectivity index (χ0) is 16.5. The van der Waals surface area contributed by atoms with E-state index in [1.807, 2.05) is 0 Å². The van der Waals surface area contributed by atoms with E-state index in [1.165, 1.54) is 13.1 Å². The van der Waals surface area contributed by atoms with Gasteiger partial charge in [-0.1, -0.05) is 6.07 Å². The van der Waals surface area contributed by atoms with E-state index < -0.39 is 12.0 Å². The molecule has 0 saturated carbocycles. The third-order valence-corrected chi connectivity index (χ3v) is 2.87. The molecule has 1 aromatic rings. The summed E-state index contributed by atoms with van der Waals surface area (Å²) in [6, 6.07) is 6.46. The van der Waals surface area contributed by atoms with Crippen molar-refractivity contribution in [3.05, 3.63) is 29.8 Å². The van der Waals surface area contributed by atoms with Crippen LogP contribution in [-0.2, 0) is 14.3 Å². The van der Waals surface area contributed by atoms with Gasteiger partial charge in [0.05, 0.1) is 6.54 Å². The second kappa shape index (κ2) is 8.78. The molecule has 0 radical (unpaired) electrons. The van der Waals surface area contributed by atoms with Crippen molar-refractivity contribution in [1.29, 1.82) is 0 Å². The van der Waals surface area contributed by atoms with Crippen LogP contribution in [0.4, 0.5) is 5.69 Å². The number of carbonyl (C=O) groups is 3. The van der Waals surface area contributed by atoms with E-state index in [4.69, 9.17) is 4.74 Å². The monoisotopic (exact) mass is 307 g/mol. The van der Waals surface area contributed by atoms with Crippen molar-refractivity contribution in [2.75, 3.05) is 25.5 Å². The highest BCUT2D eigenvalue weighted by Gasteiger charge is 2.14. The summed E-state index contributed by atoms with van der Waals surface area (Å²) >= 11 is 0. The minimum Gasteiger partial charge on any atom is -0.369 e. The van der Waals surface area contributed by atoms with Gasteiger partial charge in [0.1, 0.15) is 6.10 Å². The van der Waals surface area contributed by atoms with Gasteiger partial charge in [-0.2, -0.15) is 0 Å². The van der Waals surface area contributed by atoms with Gasteiger partial charge in [0.2, 0.25) is 5.91 Å². The number of ether oxygens (including phenoxy) is 1. The molecule has 0 saturated heterocycles. The lowest BCUT2D eigenvalue weighted by Crippen LogP contribution is -2.35. The SMILES string of the molecule is CCO[C@@H](C)C(=O)Nc1cccc(C(=O)NCC(=O)NC)c1. The summed E-state index contributed by atoms with van der Waals surface area (Å²) in [6.07, 6.45) is -0.573. The fraction of sp³-hybridized carbons (Fsp3) is 0.400. The predicted octanol–water partition coefficient (Wildman–Crippen LogP) is 0.526. The van der Waals surface area contributed by atoms with E-state index in [1.54, 1.807) is 32.0 Å². The lowest BCUT2D eigenvalue weighted by atomic mass is 10.2. The molecule has 0 aliphatic heterocycles. The Hall–Kier alpha value is -2.41. The van der Waals surface area contributed by atoms with Crippen LogP contribution >= 0.6 is 0 Å². The Morgan fingerprint density at radius 3 is 2.64 bits per heavy atom. The largest absolute Gasteiger partial charge is 0.369 e. The molecule has 1 rings (SSSR count). The molecule has 0 aliphatic rings. The maximum absolute atomic E-state index is 11.9. The van der Waals surface area contributed by atoms with E-state index >= 15 is 0 Å². The van der Waals surface area contributed by atoms with Crippen LogP contribution < -0.4 is 16.0 Å². The normalized spacial score (nSPS) is 11.4. The Labute approximate surface area is 129 Å². The minimum absolute atomic E-state index is 0.104. The highest BCUT2D eigenvalue weighted by Crippen LogP contribution is 2.11. The van der Waals surface area contributed by atoms with Crippen molar-refractivity contribution in [3.8, 4) is 0 Å². The van der Waals surface area contributed by atoms with E-state index in [9.17, 15) is 14.4 Å². The average Bonchev–Trinajstić information content (AvgIpc) is 2.52. The van der Waals surface area contributed by atoms with Gasteiger partial charge in [-0.15, -0.1) is 0 Å². The fourth-order valence-electron chi connectivity index (χ4n) is 1.66. The van der Waals surface area contributed by atoms with Crippen LogP contribution in [-0.4, -0.2) is 44.0 Å². The van der Waals surface area contributed by atoms with Crippen LogP contribution in [0.5, 0.6) is 0 Å². The Morgan fingerprint density at radius 2 is 2.00 bits per heavy atom. The number of rotatable bonds is 7. The van der Waals surface area contributed by atoms with Gasteiger partial charge >= 0.3 is 0 Å². The molecule has 7 heteroatoms.